The Labute approximate surface area is 146 Å². The second kappa shape index (κ2) is 6.78. The lowest BCUT2D eigenvalue weighted by Gasteiger charge is -2.32. The van der Waals surface area contributed by atoms with Crippen molar-refractivity contribution in [1.82, 2.24) is 4.90 Å². The first kappa shape index (κ1) is 15.4. The molecule has 24 heavy (non-hydrogen) atoms. The Hall–Kier alpha value is -2.13. The van der Waals surface area contributed by atoms with Gasteiger partial charge in [-0.2, -0.15) is 0 Å². The van der Waals surface area contributed by atoms with Crippen LogP contribution in [0.2, 0.25) is 0 Å². The van der Waals surface area contributed by atoms with Crippen LogP contribution in [-0.4, -0.2) is 23.9 Å². The molecule has 0 spiro atoms. The van der Waals surface area contributed by atoms with E-state index in [0.717, 1.165) is 43.3 Å². The molecular formula is C21H21NOS. The number of hydrogen-bond acceptors (Lipinski definition) is 2. The summed E-state index contributed by atoms with van der Waals surface area (Å²) in [7, 11) is 0. The summed E-state index contributed by atoms with van der Waals surface area (Å²) in [4.78, 5) is 14.9. The van der Waals surface area contributed by atoms with E-state index in [1.165, 1.54) is 10.3 Å². The number of rotatable bonds is 3. The normalized spacial score (nSPS) is 15.8. The zero-order valence-corrected chi connectivity index (χ0v) is 14.5. The number of hydrogen-bond donors (Lipinski definition) is 0. The molecule has 0 atom stereocenters. The van der Waals surface area contributed by atoms with Gasteiger partial charge in [0, 0.05) is 28.6 Å². The molecule has 4 rings (SSSR count). The fourth-order valence-electron chi connectivity index (χ4n) is 3.60. The van der Waals surface area contributed by atoms with E-state index in [9.17, 15) is 4.79 Å². The predicted molar refractivity (Wildman–Crippen MR) is 101 cm³/mol. The van der Waals surface area contributed by atoms with E-state index < -0.39 is 0 Å². The summed E-state index contributed by atoms with van der Waals surface area (Å²) in [6, 6.07) is 18.9. The van der Waals surface area contributed by atoms with Crippen molar-refractivity contribution in [3.63, 3.8) is 0 Å². The molecule has 0 aliphatic carbocycles. The summed E-state index contributed by atoms with van der Waals surface area (Å²) in [6.07, 6.45) is 3.33. The van der Waals surface area contributed by atoms with Crippen LogP contribution < -0.4 is 0 Å². The zero-order valence-electron chi connectivity index (χ0n) is 13.7. The maximum absolute atomic E-state index is 12.9. The average molecular weight is 335 g/mol. The van der Waals surface area contributed by atoms with Gasteiger partial charge in [0.1, 0.15) is 0 Å². The van der Waals surface area contributed by atoms with E-state index >= 15 is 0 Å². The average Bonchev–Trinajstić information content (AvgIpc) is 3.07. The SMILES string of the molecule is O=C(c1csc2ccccc12)N1CCC(Cc2ccccc2)CC1. The molecule has 1 saturated heterocycles. The van der Waals surface area contributed by atoms with Crippen molar-refractivity contribution in [3.05, 3.63) is 71.1 Å². The first-order valence-corrected chi connectivity index (χ1v) is 9.48. The molecule has 3 aromatic rings. The van der Waals surface area contributed by atoms with Crippen LogP contribution in [0.15, 0.2) is 60.0 Å². The summed E-state index contributed by atoms with van der Waals surface area (Å²) in [5, 5.41) is 3.11. The van der Waals surface area contributed by atoms with Crippen molar-refractivity contribution in [2.24, 2.45) is 5.92 Å². The Kier molecular flexibility index (Phi) is 4.35. The van der Waals surface area contributed by atoms with Crippen LogP contribution in [0.5, 0.6) is 0 Å². The quantitative estimate of drug-likeness (QED) is 0.660. The van der Waals surface area contributed by atoms with Gasteiger partial charge in [0.15, 0.2) is 0 Å². The Morgan fingerprint density at radius 3 is 2.50 bits per heavy atom. The number of nitrogens with zero attached hydrogens (tertiary/aromatic N) is 1. The van der Waals surface area contributed by atoms with E-state index in [1.54, 1.807) is 11.3 Å². The van der Waals surface area contributed by atoms with Crippen molar-refractivity contribution in [3.8, 4) is 0 Å². The van der Waals surface area contributed by atoms with Gasteiger partial charge in [-0.1, -0.05) is 48.5 Å². The summed E-state index contributed by atoms with van der Waals surface area (Å²) < 4.78 is 1.19. The lowest BCUT2D eigenvalue weighted by atomic mass is 9.90. The van der Waals surface area contributed by atoms with Gasteiger partial charge in [-0.25, -0.2) is 0 Å². The Morgan fingerprint density at radius 2 is 1.71 bits per heavy atom. The number of likely N-dealkylation sites (tertiary alicyclic amines) is 1. The van der Waals surface area contributed by atoms with Gasteiger partial charge in [-0.15, -0.1) is 11.3 Å². The number of carbonyl (C=O) groups is 1. The summed E-state index contributed by atoms with van der Waals surface area (Å²) in [5.74, 6) is 0.890. The molecule has 0 bridgehead atoms. The molecule has 1 amide bonds. The lowest BCUT2D eigenvalue weighted by Crippen LogP contribution is -2.38. The van der Waals surface area contributed by atoms with Gasteiger partial charge in [0.2, 0.25) is 0 Å². The van der Waals surface area contributed by atoms with E-state index in [0.29, 0.717) is 5.92 Å². The van der Waals surface area contributed by atoms with Gasteiger partial charge in [-0.3, -0.25) is 4.79 Å². The van der Waals surface area contributed by atoms with Gasteiger partial charge in [0.25, 0.3) is 5.91 Å². The Morgan fingerprint density at radius 1 is 1.00 bits per heavy atom. The Balaban J connectivity index is 1.41. The second-order valence-corrected chi connectivity index (χ2v) is 7.48. The second-order valence-electron chi connectivity index (χ2n) is 6.57. The van der Waals surface area contributed by atoms with E-state index in [-0.39, 0.29) is 5.91 Å². The van der Waals surface area contributed by atoms with Crippen LogP contribution in [0, 0.1) is 5.92 Å². The largest absolute Gasteiger partial charge is 0.339 e. The van der Waals surface area contributed by atoms with Crippen molar-refractivity contribution < 1.29 is 4.79 Å². The van der Waals surface area contributed by atoms with E-state index in [2.05, 4.69) is 42.5 Å². The fraction of sp³-hybridized carbons (Fsp3) is 0.286. The molecule has 1 aliphatic heterocycles. The fourth-order valence-corrected chi connectivity index (χ4v) is 4.54. The Bertz CT molecular complexity index is 831. The van der Waals surface area contributed by atoms with Gasteiger partial charge < -0.3 is 4.90 Å². The molecule has 0 N–H and O–H groups in total. The molecule has 2 aromatic carbocycles. The standard InChI is InChI=1S/C21H21NOS/c23-21(19-15-24-20-9-5-4-8-18(19)20)22-12-10-17(11-13-22)14-16-6-2-1-3-7-16/h1-9,15,17H,10-14H2. The summed E-state index contributed by atoms with van der Waals surface area (Å²) in [5.41, 5.74) is 2.28. The van der Waals surface area contributed by atoms with Gasteiger partial charge in [-0.05, 0) is 36.8 Å². The highest BCUT2D eigenvalue weighted by Crippen LogP contribution is 2.28. The van der Waals surface area contributed by atoms with Crippen LogP contribution in [0.1, 0.15) is 28.8 Å². The number of fused-ring (bicyclic) bond motifs is 1. The molecule has 2 heterocycles. The number of piperidine rings is 1. The third kappa shape index (κ3) is 3.09. The molecule has 1 aromatic heterocycles. The molecule has 3 heteroatoms. The minimum atomic E-state index is 0.200. The molecule has 122 valence electrons. The zero-order chi connectivity index (χ0) is 16.4. The molecule has 2 nitrogen and oxygen atoms in total. The molecule has 1 fully saturated rings. The predicted octanol–water partition coefficient (Wildman–Crippen LogP) is 5.00. The molecule has 0 saturated carbocycles. The lowest BCUT2D eigenvalue weighted by molar-refractivity contribution is 0.0693. The molecule has 1 aliphatic rings. The maximum atomic E-state index is 12.9. The van der Waals surface area contributed by atoms with Gasteiger partial charge in [0.05, 0.1) is 5.56 Å². The van der Waals surface area contributed by atoms with Crippen molar-refractivity contribution in [2.45, 2.75) is 19.3 Å². The van der Waals surface area contributed by atoms with Crippen LogP contribution >= 0.6 is 11.3 Å². The summed E-state index contributed by atoms with van der Waals surface area (Å²) >= 11 is 1.66. The number of benzene rings is 2. The maximum Gasteiger partial charge on any atom is 0.255 e. The van der Waals surface area contributed by atoms with Crippen molar-refractivity contribution in [2.75, 3.05) is 13.1 Å². The molecular weight excluding hydrogens is 314 g/mol. The van der Waals surface area contributed by atoms with Crippen LogP contribution in [0.3, 0.4) is 0 Å². The summed E-state index contributed by atoms with van der Waals surface area (Å²) in [6.45, 7) is 1.75. The first-order chi connectivity index (χ1) is 11.8. The number of carbonyl (C=O) groups excluding carboxylic acids is 1. The smallest absolute Gasteiger partial charge is 0.255 e. The monoisotopic (exact) mass is 335 g/mol. The minimum absolute atomic E-state index is 0.200. The third-order valence-electron chi connectivity index (χ3n) is 4.98. The van der Waals surface area contributed by atoms with Crippen LogP contribution in [0.25, 0.3) is 10.1 Å². The van der Waals surface area contributed by atoms with Gasteiger partial charge >= 0.3 is 0 Å². The third-order valence-corrected chi connectivity index (χ3v) is 5.94. The number of amides is 1. The highest BCUT2D eigenvalue weighted by molar-refractivity contribution is 7.17. The van der Waals surface area contributed by atoms with Crippen LogP contribution in [0.4, 0.5) is 0 Å². The highest BCUT2D eigenvalue weighted by atomic mass is 32.1. The molecule has 0 unspecified atom stereocenters. The highest BCUT2D eigenvalue weighted by Gasteiger charge is 2.25. The first-order valence-electron chi connectivity index (χ1n) is 8.61. The van der Waals surface area contributed by atoms with E-state index in [1.807, 2.05) is 22.4 Å². The van der Waals surface area contributed by atoms with E-state index in [4.69, 9.17) is 0 Å². The number of thiophene rings is 1. The minimum Gasteiger partial charge on any atom is -0.339 e. The van der Waals surface area contributed by atoms with Crippen LogP contribution in [-0.2, 0) is 6.42 Å². The molecule has 0 radical (unpaired) electrons. The van der Waals surface area contributed by atoms with Crippen molar-refractivity contribution in [1.29, 1.82) is 0 Å². The topological polar surface area (TPSA) is 20.3 Å². The van der Waals surface area contributed by atoms with Crippen molar-refractivity contribution >= 4 is 27.3 Å².